The molecule has 0 saturated carbocycles. The van der Waals surface area contributed by atoms with Crippen LogP contribution in [0.1, 0.15) is 22.8 Å². The number of carbonyl (C=O) groups excluding carboxylic acids is 1. The number of H-pyrrole nitrogens is 1. The van der Waals surface area contributed by atoms with Gasteiger partial charge in [0.15, 0.2) is 5.78 Å². The van der Waals surface area contributed by atoms with E-state index in [1.807, 2.05) is 54.6 Å². The normalized spacial score (nSPS) is 12.3. The van der Waals surface area contributed by atoms with Crippen LogP contribution in [0.4, 0.5) is 0 Å². The first-order valence-electron chi connectivity index (χ1n) is 13.1. The van der Waals surface area contributed by atoms with Crippen LogP contribution < -0.4 is 14.8 Å². The summed E-state index contributed by atoms with van der Waals surface area (Å²) in [6, 6.07) is 29.5. The van der Waals surface area contributed by atoms with Crippen molar-refractivity contribution in [2.45, 2.75) is 19.4 Å². The number of fused-ring (bicyclic) bond motifs is 3. The number of rotatable bonds is 12. The number of aromatic nitrogens is 1. The van der Waals surface area contributed by atoms with E-state index in [2.05, 4.69) is 28.5 Å². The van der Waals surface area contributed by atoms with Gasteiger partial charge in [-0.25, -0.2) is 4.79 Å². The molecule has 0 aliphatic rings. The Kier molecular flexibility index (Phi) is 8.11. The number of ketones is 1. The molecule has 0 amide bonds. The highest BCUT2D eigenvalue weighted by Gasteiger charge is 2.18. The molecule has 0 radical (unpaired) electrons. The molecule has 0 saturated heterocycles. The molecule has 0 fully saturated rings. The second-order valence-corrected chi connectivity index (χ2v) is 9.52. The second-order valence-electron chi connectivity index (χ2n) is 9.52. The molecule has 0 aliphatic carbocycles. The van der Waals surface area contributed by atoms with E-state index < -0.39 is 12.0 Å². The summed E-state index contributed by atoms with van der Waals surface area (Å²) >= 11 is 0. The fourth-order valence-electron chi connectivity index (χ4n) is 4.60. The monoisotopic (exact) mass is 534 g/mol. The van der Waals surface area contributed by atoms with Gasteiger partial charge in [-0.2, -0.15) is 0 Å². The SMILES string of the molecule is C/C(=C/C(=O)c1ccccc1)N[C@@H](Cc1ccc(OCCOc2ccc3c(c2)[nH]c2ccccc23)cc1)C(=O)O. The highest BCUT2D eigenvalue weighted by atomic mass is 16.5. The van der Waals surface area contributed by atoms with Gasteiger partial charge >= 0.3 is 5.97 Å². The zero-order chi connectivity index (χ0) is 27.9. The lowest BCUT2D eigenvalue weighted by atomic mass is 10.1. The predicted molar refractivity (Wildman–Crippen MR) is 156 cm³/mol. The number of para-hydroxylation sites is 1. The number of aliphatic carboxylic acids is 1. The van der Waals surface area contributed by atoms with Crippen molar-refractivity contribution in [3.05, 3.63) is 120 Å². The minimum Gasteiger partial charge on any atom is -0.490 e. The van der Waals surface area contributed by atoms with Gasteiger partial charge in [0.05, 0.1) is 5.52 Å². The molecule has 7 nitrogen and oxygen atoms in total. The van der Waals surface area contributed by atoms with Gasteiger partial charge in [0.25, 0.3) is 0 Å². The summed E-state index contributed by atoms with van der Waals surface area (Å²) in [6.45, 7) is 2.43. The van der Waals surface area contributed by atoms with Crippen LogP contribution in [0.15, 0.2) is 109 Å². The third-order valence-corrected chi connectivity index (χ3v) is 6.57. The van der Waals surface area contributed by atoms with Crippen LogP contribution in [0.2, 0.25) is 0 Å². The molecule has 1 atom stereocenters. The molecule has 0 unspecified atom stereocenters. The predicted octanol–water partition coefficient (Wildman–Crippen LogP) is 6.15. The first-order valence-corrected chi connectivity index (χ1v) is 13.1. The van der Waals surface area contributed by atoms with E-state index in [-0.39, 0.29) is 12.2 Å². The zero-order valence-corrected chi connectivity index (χ0v) is 22.1. The van der Waals surface area contributed by atoms with Crippen LogP contribution in [0.25, 0.3) is 21.8 Å². The third-order valence-electron chi connectivity index (χ3n) is 6.57. The Balaban J connectivity index is 1.11. The molecule has 5 rings (SSSR count). The van der Waals surface area contributed by atoms with Crippen molar-refractivity contribution in [1.82, 2.24) is 10.3 Å². The molecular weight excluding hydrogens is 504 g/mol. The standard InChI is InChI=1S/C33H30N2O5/c1-22(19-32(36)24-7-3-2-4-8-24)34-31(33(37)38)20-23-11-13-25(14-12-23)39-17-18-40-26-15-16-28-27-9-5-6-10-29(27)35-30(28)21-26/h2-16,19,21,31,34-35H,17-18,20H2,1H3,(H,37,38)/b22-19-/t31-/m0/s1. The van der Waals surface area contributed by atoms with Crippen LogP contribution in [-0.2, 0) is 11.2 Å². The average molecular weight is 535 g/mol. The molecule has 7 heteroatoms. The lowest BCUT2D eigenvalue weighted by Gasteiger charge is -2.16. The second kappa shape index (κ2) is 12.2. The zero-order valence-electron chi connectivity index (χ0n) is 22.1. The van der Waals surface area contributed by atoms with Gasteiger partial charge in [-0.05, 0) is 42.8 Å². The highest BCUT2D eigenvalue weighted by Crippen LogP contribution is 2.28. The Morgan fingerprint density at radius 1 is 0.825 bits per heavy atom. The topological polar surface area (TPSA) is 101 Å². The van der Waals surface area contributed by atoms with Gasteiger partial charge in [0.1, 0.15) is 30.8 Å². The lowest BCUT2D eigenvalue weighted by molar-refractivity contribution is -0.139. The number of allylic oxidation sites excluding steroid dienone is 2. The van der Waals surface area contributed by atoms with Crippen LogP contribution >= 0.6 is 0 Å². The first kappa shape index (κ1) is 26.6. The van der Waals surface area contributed by atoms with Crippen molar-refractivity contribution < 1.29 is 24.2 Å². The molecule has 0 bridgehead atoms. The van der Waals surface area contributed by atoms with Crippen LogP contribution in [-0.4, -0.2) is 41.1 Å². The maximum Gasteiger partial charge on any atom is 0.326 e. The maximum absolute atomic E-state index is 12.4. The number of carboxylic acids is 1. The van der Waals surface area contributed by atoms with Gasteiger partial charge in [-0.3, -0.25) is 4.79 Å². The van der Waals surface area contributed by atoms with Gasteiger partial charge < -0.3 is 24.9 Å². The van der Waals surface area contributed by atoms with E-state index >= 15 is 0 Å². The lowest BCUT2D eigenvalue weighted by Crippen LogP contribution is -2.37. The fourth-order valence-corrected chi connectivity index (χ4v) is 4.60. The summed E-state index contributed by atoms with van der Waals surface area (Å²) in [6.07, 6.45) is 1.67. The van der Waals surface area contributed by atoms with Gasteiger partial charge in [-0.1, -0.05) is 60.7 Å². The number of carboxylic acid groups (broad SMARTS) is 1. The summed E-state index contributed by atoms with van der Waals surface area (Å²) in [5, 5.41) is 15.0. The Hall–Kier alpha value is -5.04. The summed E-state index contributed by atoms with van der Waals surface area (Å²) in [4.78, 5) is 27.7. The Bertz CT molecular complexity index is 1660. The number of carbonyl (C=O) groups is 2. The molecule has 202 valence electrons. The molecule has 40 heavy (non-hydrogen) atoms. The Labute approximate surface area is 232 Å². The van der Waals surface area contributed by atoms with Crippen molar-refractivity contribution in [3.63, 3.8) is 0 Å². The van der Waals surface area contributed by atoms with Crippen molar-refractivity contribution in [2.75, 3.05) is 13.2 Å². The van der Waals surface area contributed by atoms with E-state index in [0.717, 1.165) is 27.7 Å². The largest absolute Gasteiger partial charge is 0.490 e. The summed E-state index contributed by atoms with van der Waals surface area (Å²) in [7, 11) is 0. The van der Waals surface area contributed by atoms with E-state index in [0.29, 0.717) is 30.2 Å². The van der Waals surface area contributed by atoms with Gasteiger partial charge in [-0.15, -0.1) is 0 Å². The highest BCUT2D eigenvalue weighted by molar-refractivity contribution is 6.07. The molecule has 4 aromatic carbocycles. The van der Waals surface area contributed by atoms with E-state index in [4.69, 9.17) is 9.47 Å². The number of nitrogens with one attached hydrogen (secondary N) is 2. The molecule has 0 spiro atoms. The Morgan fingerprint density at radius 3 is 2.23 bits per heavy atom. The van der Waals surface area contributed by atoms with Crippen LogP contribution in [0.3, 0.4) is 0 Å². The number of hydrogen-bond acceptors (Lipinski definition) is 5. The van der Waals surface area contributed by atoms with Gasteiger partial charge in [0.2, 0.25) is 0 Å². The summed E-state index contributed by atoms with van der Waals surface area (Å²) in [5.41, 5.74) is 3.99. The van der Waals surface area contributed by atoms with Gasteiger partial charge in [0, 0.05) is 46.1 Å². The van der Waals surface area contributed by atoms with Crippen LogP contribution in [0.5, 0.6) is 11.5 Å². The third kappa shape index (κ3) is 6.50. The fraction of sp³-hybridized carbons (Fsp3) is 0.152. The molecule has 1 aromatic heterocycles. The van der Waals surface area contributed by atoms with Crippen molar-refractivity contribution in [3.8, 4) is 11.5 Å². The first-order chi connectivity index (χ1) is 19.5. The minimum absolute atomic E-state index is 0.182. The minimum atomic E-state index is -0.997. The number of hydrogen-bond donors (Lipinski definition) is 3. The number of ether oxygens (including phenoxy) is 2. The quantitative estimate of drug-likeness (QED) is 0.101. The van der Waals surface area contributed by atoms with E-state index in [9.17, 15) is 14.7 Å². The maximum atomic E-state index is 12.4. The summed E-state index contributed by atoms with van der Waals surface area (Å²) < 4.78 is 11.7. The molecule has 5 aromatic rings. The summed E-state index contributed by atoms with van der Waals surface area (Å²) in [5.74, 6) is 0.254. The van der Waals surface area contributed by atoms with E-state index in [1.165, 1.54) is 11.5 Å². The van der Waals surface area contributed by atoms with Crippen molar-refractivity contribution >= 4 is 33.6 Å². The van der Waals surface area contributed by atoms with Crippen molar-refractivity contribution in [2.24, 2.45) is 0 Å². The smallest absolute Gasteiger partial charge is 0.326 e. The molecule has 3 N–H and O–H groups in total. The average Bonchev–Trinajstić information content (AvgIpc) is 3.34. The van der Waals surface area contributed by atoms with Crippen LogP contribution in [0, 0.1) is 0 Å². The number of benzene rings is 4. The molecular formula is C33H30N2O5. The molecule has 0 aliphatic heterocycles. The Morgan fingerprint density at radius 2 is 1.48 bits per heavy atom. The number of aromatic amines is 1. The van der Waals surface area contributed by atoms with E-state index in [1.54, 1.807) is 31.2 Å². The van der Waals surface area contributed by atoms with Crippen molar-refractivity contribution in [1.29, 1.82) is 0 Å². The molecule has 1 heterocycles.